The standard InChI is InChI=1S/C24H21N7O/c32-24(21-12-15(6-8-25-21)18-10-16-7-9-26-22(16)27-13-18)29-19-3-1-2-17(11-19)23-30-28-14-31(23)20-4-5-20/h1,3,6-14,17,20H,2,4-5H2,(H,26,27)(H,29,32). The molecule has 8 nitrogen and oxygen atoms in total. The molecule has 1 unspecified atom stereocenters. The first-order valence-electron chi connectivity index (χ1n) is 10.7. The number of nitrogens with zero attached hydrogens (tertiary/aromatic N) is 5. The summed E-state index contributed by atoms with van der Waals surface area (Å²) in [6.45, 7) is 0. The number of nitrogens with one attached hydrogen (secondary N) is 2. The Morgan fingerprint density at radius 3 is 3.00 bits per heavy atom. The largest absolute Gasteiger partial charge is 0.346 e. The van der Waals surface area contributed by atoms with Crippen molar-refractivity contribution in [3.8, 4) is 11.1 Å². The lowest BCUT2D eigenvalue weighted by Gasteiger charge is -2.17. The van der Waals surface area contributed by atoms with Crippen LogP contribution >= 0.6 is 0 Å². The number of aromatic amines is 1. The van der Waals surface area contributed by atoms with Crippen LogP contribution in [0.5, 0.6) is 0 Å². The quantitative estimate of drug-likeness (QED) is 0.507. The average Bonchev–Trinajstić information content (AvgIpc) is 3.36. The van der Waals surface area contributed by atoms with Gasteiger partial charge >= 0.3 is 0 Å². The van der Waals surface area contributed by atoms with Gasteiger partial charge in [0, 0.05) is 47.2 Å². The molecule has 1 fully saturated rings. The van der Waals surface area contributed by atoms with Crippen LogP contribution < -0.4 is 5.32 Å². The number of hydrogen-bond acceptors (Lipinski definition) is 5. The van der Waals surface area contributed by atoms with Crippen LogP contribution in [0.15, 0.2) is 73.1 Å². The smallest absolute Gasteiger partial charge is 0.274 e. The van der Waals surface area contributed by atoms with Crippen LogP contribution in [-0.2, 0) is 0 Å². The second-order valence-electron chi connectivity index (χ2n) is 8.22. The van der Waals surface area contributed by atoms with E-state index in [2.05, 4.69) is 41.1 Å². The predicted molar refractivity (Wildman–Crippen MR) is 120 cm³/mol. The molecule has 4 aromatic heterocycles. The summed E-state index contributed by atoms with van der Waals surface area (Å²) in [6, 6.07) is 8.21. The number of H-pyrrole nitrogens is 1. The van der Waals surface area contributed by atoms with Gasteiger partial charge in [0.05, 0.1) is 0 Å². The van der Waals surface area contributed by atoms with Gasteiger partial charge in [-0.1, -0.05) is 6.08 Å². The third-order valence-electron chi connectivity index (χ3n) is 5.92. The van der Waals surface area contributed by atoms with Gasteiger partial charge in [-0.05, 0) is 61.2 Å². The number of hydrogen-bond donors (Lipinski definition) is 2. The monoisotopic (exact) mass is 423 g/mol. The van der Waals surface area contributed by atoms with Gasteiger partial charge in [0.1, 0.15) is 23.5 Å². The van der Waals surface area contributed by atoms with Crippen molar-refractivity contribution in [1.82, 2.24) is 35.0 Å². The molecule has 0 aliphatic heterocycles. The normalized spacial score (nSPS) is 18.0. The van der Waals surface area contributed by atoms with Gasteiger partial charge in [-0.2, -0.15) is 0 Å². The molecular weight excluding hydrogens is 402 g/mol. The van der Waals surface area contributed by atoms with Gasteiger partial charge in [-0.3, -0.25) is 9.78 Å². The topological polar surface area (TPSA) is 101 Å². The van der Waals surface area contributed by atoms with Crippen LogP contribution in [0.1, 0.15) is 47.5 Å². The molecule has 158 valence electrons. The molecule has 32 heavy (non-hydrogen) atoms. The maximum atomic E-state index is 12.9. The zero-order valence-corrected chi connectivity index (χ0v) is 17.3. The van der Waals surface area contributed by atoms with E-state index in [1.54, 1.807) is 18.5 Å². The van der Waals surface area contributed by atoms with Gasteiger partial charge in [0.25, 0.3) is 5.91 Å². The molecule has 4 heterocycles. The third-order valence-corrected chi connectivity index (χ3v) is 5.92. The van der Waals surface area contributed by atoms with Gasteiger partial charge in [0.2, 0.25) is 0 Å². The Kier molecular flexibility index (Phi) is 4.41. The molecule has 1 atom stereocenters. The number of carbonyl (C=O) groups is 1. The van der Waals surface area contributed by atoms with Crippen LogP contribution in [-0.4, -0.2) is 35.6 Å². The molecule has 1 saturated carbocycles. The van der Waals surface area contributed by atoms with E-state index >= 15 is 0 Å². The van der Waals surface area contributed by atoms with Crippen molar-refractivity contribution >= 4 is 16.9 Å². The highest BCUT2D eigenvalue weighted by Crippen LogP contribution is 2.38. The summed E-state index contributed by atoms with van der Waals surface area (Å²) >= 11 is 0. The van der Waals surface area contributed by atoms with Crippen molar-refractivity contribution in [3.63, 3.8) is 0 Å². The summed E-state index contributed by atoms with van der Waals surface area (Å²) in [5, 5.41) is 12.4. The maximum absolute atomic E-state index is 12.9. The predicted octanol–water partition coefficient (Wildman–Crippen LogP) is 3.91. The minimum Gasteiger partial charge on any atom is -0.346 e. The fourth-order valence-corrected chi connectivity index (χ4v) is 4.12. The Hall–Kier alpha value is -4.07. The molecule has 0 spiro atoms. The lowest BCUT2D eigenvalue weighted by Crippen LogP contribution is -2.24. The summed E-state index contributed by atoms with van der Waals surface area (Å²) < 4.78 is 2.17. The first-order valence-corrected chi connectivity index (χ1v) is 10.7. The third kappa shape index (κ3) is 3.49. The number of amides is 1. The SMILES string of the molecule is O=C(NC1=CC(c2nncn2C2CC2)CC=C1)c1cc(-c2cnc3[nH]ccc3c2)ccn1. The van der Waals surface area contributed by atoms with Crippen molar-refractivity contribution in [2.24, 2.45) is 0 Å². The molecule has 2 aliphatic carbocycles. The Morgan fingerprint density at radius 1 is 1.16 bits per heavy atom. The van der Waals surface area contributed by atoms with E-state index in [1.165, 1.54) is 12.8 Å². The zero-order valence-electron chi connectivity index (χ0n) is 17.3. The summed E-state index contributed by atoms with van der Waals surface area (Å²) in [5.74, 6) is 0.802. The Labute approximate surface area is 184 Å². The van der Waals surface area contributed by atoms with E-state index in [0.717, 1.165) is 40.1 Å². The maximum Gasteiger partial charge on any atom is 0.274 e. The van der Waals surface area contributed by atoms with Crippen molar-refractivity contribution in [2.75, 3.05) is 0 Å². The number of carbonyl (C=O) groups excluding carboxylic acids is 1. The number of pyridine rings is 2. The van der Waals surface area contributed by atoms with Gasteiger partial charge in [-0.25, -0.2) is 4.98 Å². The molecule has 0 bridgehead atoms. The van der Waals surface area contributed by atoms with Gasteiger partial charge in [0.15, 0.2) is 0 Å². The molecule has 8 heteroatoms. The molecule has 6 rings (SSSR count). The highest BCUT2D eigenvalue weighted by molar-refractivity contribution is 5.95. The second-order valence-corrected chi connectivity index (χ2v) is 8.22. The van der Waals surface area contributed by atoms with Crippen molar-refractivity contribution in [3.05, 3.63) is 84.6 Å². The van der Waals surface area contributed by atoms with E-state index < -0.39 is 0 Å². The van der Waals surface area contributed by atoms with Gasteiger partial charge in [-0.15, -0.1) is 10.2 Å². The van der Waals surface area contributed by atoms with Crippen LogP contribution in [0, 0.1) is 0 Å². The second kappa shape index (κ2) is 7.56. The minimum atomic E-state index is -0.247. The number of allylic oxidation sites excluding steroid dienone is 3. The summed E-state index contributed by atoms with van der Waals surface area (Å²) in [6.07, 6.45) is 16.4. The Bertz CT molecular complexity index is 1380. The summed E-state index contributed by atoms with van der Waals surface area (Å²) in [5.41, 5.74) is 3.77. The molecule has 0 radical (unpaired) electrons. The molecule has 4 aromatic rings. The van der Waals surface area contributed by atoms with Crippen molar-refractivity contribution in [1.29, 1.82) is 0 Å². The van der Waals surface area contributed by atoms with Crippen molar-refractivity contribution in [2.45, 2.75) is 31.2 Å². The highest BCUT2D eigenvalue weighted by atomic mass is 16.1. The molecular formula is C24H21N7O. The number of fused-ring (bicyclic) bond motifs is 1. The molecule has 0 saturated heterocycles. The van der Waals surface area contributed by atoms with E-state index in [-0.39, 0.29) is 11.8 Å². The highest BCUT2D eigenvalue weighted by Gasteiger charge is 2.29. The average molecular weight is 423 g/mol. The zero-order chi connectivity index (χ0) is 21.5. The molecule has 2 N–H and O–H groups in total. The fraction of sp³-hybridized carbons (Fsp3) is 0.208. The van der Waals surface area contributed by atoms with E-state index in [0.29, 0.717) is 11.7 Å². The van der Waals surface area contributed by atoms with Crippen molar-refractivity contribution < 1.29 is 4.79 Å². The molecule has 2 aliphatic rings. The first-order chi connectivity index (χ1) is 15.7. The van der Waals surface area contributed by atoms with Crippen LogP contribution in [0.25, 0.3) is 22.2 Å². The van der Waals surface area contributed by atoms with E-state index in [9.17, 15) is 4.79 Å². The lowest BCUT2D eigenvalue weighted by molar-refractivity contribution is 0.0962. The van der Waals surface area contributed by atoms with E-state index in [4.69, 9.17) is 0 Å². The number of rotatable bonds is 5. The van der Waals surface area contributed by atoms with E-state index in [1.807, 2.05) is 42.9 Å². The van der Waals surface area contributed by atoms with Crippen LogP contribution in [0.3, 0.4) is 0 Å². The summed E-state index contributed by atoms with van der Waals surface area (Å²) in [7, 11) is 0. The molecule has 0 aromatic carbocycles. The lowest BCUT2D eigenvalue weighted by atomic mass is 9.98. The van der Waals surface area contributed by atoms with Crippen LogP contribution in [0.2, 0.25) is 0 Å². The van der Waals surface area contributed by atoms with Gasteiger partial charge < -0.3 is 14.9 Å². The molecule has 1 amide bonds. The van der Waals surface area contributed by atoms with Crippen LogP contribution in [0.4, 0.5) is 0 Å². The Morgan fingerprint density at radius 2 is 2.09 bits per heavy atom. The first kappa shape index (κ1) is 18.7. The fourth-order valence-electron chi connectivity index (χ4n) is 4.12. The Balaban J connectivity index is 1.22. The minimum absolute atomic E-state index is 0.0943. The summed E-state index contributed by atoms with van der Waals surface area (Å²) in [4.78, 5) is 24.7. The number of aromatic nitrogens is 6.